The molecule has 2 heterocycles. The Hall–Kier alpha value is -1.62. The van der Waals surface area contributed by atoms with Crippen LogP contribution < -0.4 is 5.32 Å². The Bertz CT molecular complexity index is 552. The van der Waals surface area contributed by atoms with Crippen molar-refractivity contribution in [3.63, 3.8) is 0 Å². The number of rotatable bonds is 5. The Morgan fingerprint density at radius 2 is 2.00 bits per heavy atom. The molecule has 0 fully saturated rings. The van der Waals surface area contributed by atoms with E-state index in [0.29, 0.717) is 6.04 Å². The van der Waals surface area contributed by atoms with Gasteiger partial charge in [0.2, 0.25) is 0 Å². The monoisotopic (exact) mass is 261 g/mol. The number of hydrogen-bond acceptors (Lipinski definition) is 3. The van der Waals surface area contributed by atoms with Crippen LogP contribution in [-0.2, 0) is 26.9 Å². The zero-order chi connectivity index (χ0) is 14.0. The van der Waals surface area contributed by atoms with Crippen LogP contribution in [0.5, 0.6) is 0 Å². The zero-order valence-electron chi connectivity index (χ0n) is 12.4. The molecular formula is C14H23N5. The Morgan fingerprint density at radius 1 is 1.26 bits per heavy atom. The molecule has 0 aliphatic carbocycles. The summed E-state index contributed by atoms with van der Waals surface area (Å²) in [7, 11) is 5.97. The maximum Gasteiger partial charge on any atom is 0.0628 e. The molecule has 1 atom stereocenters. The minimum Gasteiger partial charge on any atom is -0.316 e. The van der Waals surface area contributed by atoms with E-state index in [1.54, 1.807) is 0 Å². The van der Waals surface area contributed by atoms with Crippen LogP contribution in [0.1, 0.15) is 22.5 Å². The largest absolute Gasteiger partial charge is 0.316 e. The molecular weight excluding hydrogens is 238 g/mol. The van der Waals surface area contributed by atoms with E-state index in [0.717, 1.165) is 18.5 Å². The number of aryl methyl sites for hydroxylation is 3. The van der Waals surface area contributed by atoms with Crippen molar-refractivity contribution in [3.05, 3.63) is 34.9 Å². The highest BCUT2D eigenvalue weighted by atomic mass is 15.3. The quantitative estimate of drug-likeness (QED) is 0.878. The van der Waals surface area contributed by atoms with Crippen molar-refractivity contribution in [3.8, 4) is 0 Å². The van der Waals surface area contributed by atoms with E-state index in [-0.39, 0.29) is 0 Å². The van der Waals surface area contributed by atoms with Gasteiger partial charge in [0.25, 0.3) is 0 Å². The van der Waals surface area contributed by atoms with Gasteiger partial charge in [0.05, 0.1) is 11.9 Å². The summed E-state index contributed by atoms with van der Waals surface area (Å²) in [6.07, 6.45) is 6.00. The molecule has 0 aliphatic rings. The van der Waals surface area contributed by atoms with Crippen LogP contribution in [0.4, 0.5) is 0 Å². The van der Waals surface area contributed by atoms with Gasteiger partial charge in [-0.2, -0.15) is 10.2 Å². The van der Waals surface area contributed by atoms with Crippen LogP contribution in [-0.4, -0.2) is 32.7 Å². The SMILES string of the molecule is CNC(Cc1cnn(C)c1)Cc1c(C)nn(C)c1C. The van der Waals surface area contributed by atoms with Crippen LogP contribution in [0, 0.1) is 13.8 Å². The van der Waals surface area contributed by atoms with E-state index in [1.807, 2.05) is 36.7 Å². The highest BCUT2D eigenvalue weighted by Crippen LogP contribution is 2.16. The van der Waals surface area contributed by atoms with Crippen molar-refractivity contribution in [2.24, 2.45) is 14.1 Å². The third kappa shape index (κ3) is 3.04. The maximum atomic E-state index is 4.48. The first-order valence-corrected chi connectivity index (χ1v) is 6.65. The molecule has 1 N–H and O–H groups in total. The van der Waals surface area contributed by atoms with Crippen LogP contribution >= 0.6 is 0 Å². The minimum atomic E-state index is 0.408. The normalized spacial score (nSPS) is 12.9. The second-order valence-corrected chi connectivity index (χ2v) is 5.19. The summed E-state index contributed by atoms with van der Waals surface area (Å²) in [5.74, 6) is 0. The van der Waals surface area contributed by atoms with Gasteiger partial charge in [-0.05, 0) is 44.9 Å². The summed E-state index contributed by atoms with van der Waals surface area (Å²) in [5, 5.41) is 12.1. The number of nitrogens with one attached hydrogen (secondary N) is 1. The number of aromatic nitrogens is 4. The first kappa shape index (κ1) is 13.8. The van der Waals surface area contributed by atoms with E-state index in [1.165, 1.54) is 16.8 Å². The van der Waals surface area contributed by atoms with Gasteiger partial charge in [0.15, 0.2) is 0 Å². The molecule has 0 amide bonds. The molecule has 0 spiro atoms. The molecule has 1 unspecified atom stereocenters. The molecule has 0 bridgehead atoms. The molecule has 2 rings (SSSR count). The van der Waals surface area contributed by atoms with E-state index >= 15 is 0 Å². The molecule has 0 aliphatic heterocycles. The first-order chi connectivity index (χ1) is 9.01. The van der Waals surface area contributed by atoms with Gasteiger partial charge in [-0.1, -0.05) is 0 Å². The fraction of sp³-hybridized carbons (Fsp3) is 0.571. The molecule has 0 aromatic carbocycles. The number of likely N-dealkylation sites (N-methyl/N-ethyl adjacent to an activating group) is 1. The summed E-state index contributed by atoms with van der Waals surface area (Å²) < 4.78 is 3.81. The van der Waals surface area contributed by atoms with Gasteiger partial charge < -0.3 is 5.32 Å². The van der Waals surface area contributed by atoms with Gasteiger partial charge in [0.1, 0.15) is 0 Å². The fourth-order valence-electron chi connectivity index (χ4n) is 2.50. The van der Waals surface area contributed by atoms with E-state index in [9.17, 15) is 0 Å². The molecule has 0 saturated carbocycles. The van der Waals surface area contributed by atoms with Crippen molar-refractivity contribution in [1.29, 1.82) is 0 Å². The summed E-state index contributed by atoms with van der Waals surface area (Å²) in [6, 6.07) is 0.408. The van der Waals surface area contributed by atoms with Crippen LogP contribution in [0.15, 0.2) is 12.4 Å². The van der Waals surface area contributed by atoms with Crippen LogP contribution in [0.2, 0.25) is 0 Å². The lowest BCUT2D eigenvalue weighted by Crippen LogP contribution is -2.30. The summed E-state index contributed by atoms with van der Waals surface area (Å²) in [5.41, 5.74) is 5.00. The highest BCUT2D eigenvalue weighted by Gasteiger charge is 2.15. The smallest absolute Gasteiger partial charge is 0.0628 e. The predicted molar refractivity (Wildman–Crippen MR) is 76.1 cm³/mol. The zero-order valence-corrected chi connectivity index (χ0v) is 12.4. The average Bonchev–Trinajstić information content (AvgIpc) is 2.87. The number of nitrogens with zero attached hydrogens (tertiary/aromatic N) is 4. The maximum absolute atomic E-state index is 4.48. The predicted octanol–water partition coefficient (Wildman–Crippen LogP) is 1.14. The van der Waals surface area contributed by atoms with Crippen molar-refractivity contribution >= 4 is 0 Å². The minimum absolute atomic E-state index is 0.408. The standard InChI is InChI=1S/C14H23N5/c1-10-14(11(2)19(5)17-10)7-13(15-3)6-12-8-16-18(4)9-12/h8-9,13,15H,6-7H2,1-5H3. The van der Waals surface area contributed by atoms with Gasteiger partial charge in [0, 0.05) is 32.0 Å². The number of hydrogen-bond donors (Lipinski definition) is 1. The topological polar surface area (TPSA) is 47.7 Å². The molecule has 5 heteroatoms. The first-order valence-electron chi connectivity index (χ1n) is 6.65. The molecule has 5 nitrogen and oxygen atoms in total. The lowest BCUT2D eigenvalue weighted by atomic mass is 9.99. The molecule has 0 radical (unpaired) electrons. The lowest BCUT2D eigenvalue weighted by molar-refractivity contribution is 0.553. The summed E-state index contributed by atoms with van der Waals surface area (Å²) >= 11 is 0. The highest BCUT2D eigenvalue weighted by molar-refractivity contribution is 5.26. The second kappa shape index (κ2) is 5.57. The van der Waals surface area contributed by atoms with Crippen molar-refractivity contribution in [2.45, 2.75) is 32.7 Å². The van der Waals surface area contributed by atoms with Gasteiger partial charge in [-0.3, -0.25) is 9.36 Å². The van der Waals surface area contributed by atoms with E-state index in [2.05, 4.69) is 35.6 Å². The third-order valence-electron chi connectivity index (χ3n) is 3.76. The Kier molecular flexibility index (Phi) is 4.04. The molecule has 104 valence electrons. The van der Waals surface area contributed by atoms with E-state index < -0.39 is 0 Å². The third-order valence-corrected chi connectivity index (χ3v) is 3.76. The van der Waals surface area contributed by atoms with Gasteiger partial charge >= 0.3 is 0 Å². The Morgan fingerprint density at radius 3 is 2.47 bits per heavy atom. The molecule has 2 aromatic heterocycles. The van der Waals surface area contributed by atoms with Crippen molar-refractivity contribution in [2.75, 3.05) is 7.05 Å². The summed E-state index contributed by atoms with van der Waals surface area (Å²) in [6.45, 7) is 4.21. The van der Waals surface area contributed by atoms with Gasteiger partial charge in [-0.15, -0.1) is 0 Å². The van der Waals surface area contributed by atoms with Crippen molar-refractivity contribution in [1.82, 2.24) is 24.9 Å². The lowest BCUT2D eigenvalue weighted by Gasteiger charge is -2.15. The Labute approximate surface area is 114 Å². The molecule has 19 heavy (non-hydrogen) atoms. The molecule has 0 saturated heterocycles. The van der Waals surface area contributed by atoms with Crippen LogP contribution in [0.25, 0.3) is 0 Å². The van der Waals surface area contributed by atoms with Crippen LogP contribution in [0.3, 0.4) is 0 Å². The molecule has 2 aromatic rings. The van der Waals surface area contributed by atoms with Crippen molar-refractivity contribution < 1.29 is 0 Å². The fourth-order valence-corrected chi connectivity index (χ4v) is 2.50. The Balaban J connectivity index is 2.10. The summed E-state index contributed by atoms with van der Waals surface area (Å²) in [4.78, 5) is 0. The average molecular weight is 261 g/mol. The second-order valence-electron chi connectivity index (χ2n) is 5.19. The van der Waals surface area contributed by atoms with E-state index in [4.69, 9.17) is 0 Å². The van der Waals surface area contributed by atoms with Gasteiger partial charge in [-0.25, -0.2) is 0 Å².